The molecule has 0 aliphatic rings. The number of hydrogen-bond donors (Lipinski definition) is 2. The maximum atomic E-state index is 10.9. The fourth-order valence-electron chi connectivity index (χ4n) is 1.32. The van der Waals surface area contributed by atoms with Gasteiger partial charge in [-0.15, -0.1) is 0 Å². The van der Waals surface area contributed by atoms with Gasteiger partial charge >= 0.3 is 5.97 Å². The van der Waals surface area contributed by atoms with Gasteiger partial charge in [-0.05, 0) is 6.07 Å². The Kier molecular flexibility index (Phi) is 3.48. The summed E-state index contributed by atoms with van der Waals surface area (Å²) in [7, 11) is 1.51. The first-order valence-electron chi connectivity index (χ1n) is 4.26. The van der Waals surface area contributed by atoms with E-state index in [1.165, 1.54) is 7.11 Å². The second-order valence-electron chi connectivity index (χ2n) is 2.87. The lowest BCUT2D eigenvalue weighted by Gasteiger charge is -2.13. The van der Waals surface area contributed by atoms with E-state index < -0.39 is 11.9 Å². The van der Waals surface area contributed by atoms with Crippen molar-refractivity contribution in [3.63, 3.8) is 0 Å². The van der Waals surface area contributed by atoms with E-state index >= 15 is 0 Å². The number of aliphatic carboxylic acids is 1. The summed E-state index contributed by atoms with van der Waals surface area (Å²) in [6, 6.07) is 6.99. The van der Waals surface area contributed by atoms with Gasteiger partial charge in [-0.25, -0.2) is 0 Å². The molecule has 1 rings (SSSR count). The highest BCUT2D eigenvalue weighted by Gasteiger charge is 2.20. The Morgan fingerprint density at radius 1 is 1.57 bits per heavy atom. The fourth-order valence-corrected chi connectivity index (χ4v) is 1.32. The first-order chi connectivity index (χ1) is 6.70. The average Bonchev–Trinajstić information content (AvgIpc) is 2.19. The Hall–Kier alpha value is -1.55. The molecule has 0 aromatic heterocycles. The third kappa shape index (κ3) is 2.03. The number of carboxylic acid groups (broad SMARTS) is 1. The minimum Gasteiger partial charge on any atom is -0.496 e. The standard InChI is InChI=1S/C10H13NO3/c1-14-9-5-3-2-4-7(9)8(6-11)10(12)13/h2-5,8H,6,11H2,1H3,(H,12,13)/t8-/m1/s1. The van der Waals surface area contributed by atoms with Crippen molar-refractivity contribution in [2.24, 2.45) is 5.73 Å². The molecule has 0 bridgehead atoms. The summed E-state index contributed by atoms with van der Waals surface area (Å²) in [5, 5.41) is 8.91. The second-order valence-corrected chi connectivity index (χ2v) is 2.87. The van der Waals surface area contributed by atoms with E-state index in [-0.39, 0.29) is 6.54 Å². The highest BCUT2D eigenvalue weighted by atomic mass is 16.5. The van der Waals surface area contributed by atoms with Crippen LogP contribution in [0, 0.1) is 0 Å². The fraction of sp³-hybridized carbons (Fsp3) is 0.300. The van der Waals surface area contributed by atoms with Gasteiger partial charge < -0.3 is 15.6 Å². The van der Waals surface area contributed by atoms with Crippen LogP contribution in [0.1, 0.15) is 11.5 Å². The number of para-hydroxylation sites is 1. The molecule has 3 N–H and O–H groups in total. The smallest absolute Gasteiger partial charge is 0.312 e. The van der Waals surface area contributed by atoms with E-state index in [9.17, 15) is 4.79 Å². The van der Waals surface area contributed by atoms with E-state index in [1.807, 2.05) is 0 Å². The molecule has 4 heteroatoms. The lowest BCUT2D eigenvalue weighted by atomic mass is 9.98. The molecular weight excluding hydrogens is 182 g/mol. The molecule has 0 amide bonds. The lowest BCUT2D eigenvalue weighted by molar-refractivity contribution is -0.138. The van der Waals surface area contributed by atoms with E-state index in [0.717, 1.165) is 0 Å². The molecule has 4 nitrogen and oxygen atoms in total. The van der Waals surface area contributed by atoms with Crippen molar-refractivity contribution in [3.8, 4) is 5.75 Å². The Morgan fingerprint density at radius 2 is 2.21 bits per heavy atom. The summed E-state index contributed by atoms with van der Waals surface area (Å²) in [6.45, 7) is 0.0652. The van der Waals surface area contributed by atoms with Crippen molar-refractivity contribution in [3.05, 3.63) is 29.8 Å². The number of benzene rings is 1. The minimum absolute atomic E-state index is 0.0652. The van der Waals surface area contributed by atoms with Crippen LogP contribution in [0.25, 0.3) is 0 Å². The topological polar surface area (TPSA) is 72.5 Å². The molecular formula is C10H13NO3. The zero-order chi connectivity index (χ0) is 10.6. The summed E-state index contributed by atoms with van der Waals surface area (Å²) in [5.74, 6) is -1.08. The van der Waals surface area contributed by atoms with Crippen LogP contribution in [0.15, 0.2) is 24.3 Å². The maximum Gasteiger partial charge on any atom is 0.312 e. The molecule has 0 heterocycles. The van der Waals surface area contributed by atoms with Gasteiger partial charge in [0.05, 0.1) is 13.0 Å². The second kappa shape index (κ2) is 4.62. The predicted molar refractivity (Wildman–Crippen MR) is 52.4 cm³/mol. The summed E-state index contributed by atoms with van der Waals surface area (Å²) < 4.78 is 5.06. The van der Waals surface area contributed by atoms with Gasteiger partial charge in [0.1, 0.15) is 5.75 Å². The highest BCUT2D eigenvalue weighted by molar-refractivity contribution is 5.77. The van der Waals surface area contributed by atoms with Crippen molar-refractivity contribution in [1.29, 1.82) is 0 Å². The van der Waals surface area contributed by atoms with Crippen LogP contribution in [0.3, 0.4) is 0 Å². The van der Waals surface area contributed by atoms with Gasteiger partial charge in [0, 0.05) is 12.1 Å². The molecule has 0 aliphatic heterocycles. The third-order valence-electron chi connectivity index (χ3n) is 2.05. The first kappa shape index (κ1) is 10.5. The zero-order valence-corrected chi connectivity index (χ0v) is 7.93. The number of rotatable bonds is 4. The molecule has 1 aromatic carbocycles. The first-order valence-corrected chi connectivity index (χ1v) is 4.26. The molecule has 1 aromatic rings. The molecule has 14 heavy (non-hydrogen) atoms. The molecule has 76 valence electrons. The summed E-state index contributed by atoms with van der Waals surface area (Å²) in [6.07, 6.45) is 0. The molecule has 0 radical (unpaired) electrons. The summed E-state index contributed by atoms with van der Waals surface area (Å²) in [4.78, 5) is 10.9. The molecule has 0 unspecified atom stereocenters. The van der Waals surface area contributed by atoms with Crippen LogP contribution in [0.5, 0.6) is 5.75 Å². The quantitative estimate of drug-likeness (QED) is 0.746. The average molecular weight is 195 g/mol. The van der Waals surface area contributed by atoms with Crippen molar-refractivity contribution in [1.82, 2.24) is 0 Å². The van der Waals surface area contributed by atoms with Crippen LogP contribution in [-0.4, -0.2) is 24.7 Å². The molecule has 1 atom stereocenters. The number of hydrogen-bond acceptors (Lipinski definition) is 3. The molecule has 0 saturated heterocycles. The van der Waals surface area contributed by atoms with Gasteiger partial charge in [-0.1, -0.05) is 18.2 Å². The van der Waals surface area contributed by atoms with E-state index in [1.54, 1.807) is 24.3 Å². The Bertz CT molecular complexity index is 325. The van der Waals surface area contributed by atoms with Crippen molar-refractivity contribution in [2.75, 3.05) is 13.7 Å². The normalized spacial score (nSPS) is 12.1. The number of nitrogens with two attached hydrogens (primary N) is 1. The SMILES string of the molecule is COc1ccccc1[C@@H](CN)C(=O)O. The van der Waals surface area contributed by atoms with Gasteiger partial charge in [0.2, 0.25) is 0 Å². The van der Waals surface area contributed by atoms with Crippen molar-refractivity contribution in [2.45, 2.75) is 5.92 Å². The van der Waals surface area contributed by atoms with Crippen LogP contribution in [-0.2, 0) is 4.79 Å². The largest absolute Gasteiger partial charge is 0.496 e. The predicted octanol–water partition coefficient (Wildman–Crippen LogP) is 0.822. The van der Waals surface area contributed by atoms with E-state index in [2.05, 4.69) is 0 Å². The van der Waals surface area contributed by atoms with Gasteiger partial charge in [-0.3, -0.25) is 4.79 Å². The Balaban J connectivity index is 3.08. The lowest BCUT2D eigenvalue weighted by Crippen LogP contribution is -2.21. The molecule has 0 spiro atoms. The minimum atomic E-state index is -0.933. The molecule has 0 fully saturated rings. The Morgan fingerprint density at radius 3 is 2.71 bits per heavy atom. The van der Waals surface area contributed by atoms with Crippen molar-refractivity contribution >= 4 is 5.97 Å². The third-order valence-corrected chi connectivity index (χ3v) is 2.05. The molecule has 0 saturated carbocycles. The van der Waals surface area contributed by atoms with Gasteiger partial charge in [-0.2, -0.15) is 0 Å². The maximum absolute atomic E-state index is 10.9. The van der Waals surface area contributed by atoms with Crippen LogP contribution in [0.2, 0.25) is 0 Å². The Labute approximate surface area is 82.3 Å². The number of carbonyl (C=O) groups is 1. The van der Waals surface area contributed by atoms with Crippen molar-refractivity contribution < 1.29 is 14.6 Å². The van der Waals surface area contributed by atoms with Crippen LogP contribution >= 0.6 is 0 Å². The summed E-state index contributed by atoms with van der Waals surface area (Å²) >= 11 is 0. The van der Waals surface area contributed by atoms with Crippen LogP contribution in [0.4, 0.5) is 0 Å². The molecule has 0 aliphatic carbocycles. The number of carboxylic acids is 1. The zero-order valence-electron chi connectivity index (χ0n) is 7.93. The summed E-state index contributed by atoms with van der Waals surface area (Å²) in [5.41, 5.74) is 6.01. The van der Waals surface area contributed by atoms with Gasteiger partial charge in [0.15, 0.2) is 0 Å². The monoisotopic (exact) mass is 195 g/mol. The van der Waals surface area contributed by atoms with Crippen LogP contribution < -0.4 is 10.5 Å². The van der Waals surface area contributed by atoms with E-state index in [4.69, 9.17) is 15.6 Å². The number of methoxy groups -OCH3 is 1. The van der Waals surface area contributed by atoms with E-state index in [0.29, 0.717) is 11.3 Å². The van der Waals surface area contributed by atoms with Gasteiger partial charge in [0.25, 0.3) is 0 Å². The highest BCUT2D eigenvalue weighted by Crippen LogP contribution is 2.25. The number of ether oxygens (including phenoxy) is 1.